The third kappa shape index (κ3) is 1.60. The van der Waals surface area contributed by atoms with Crippen LogP contribution in [0.15, 0.2) is 18.2 Å². The summed E-state index contributed by atoms with van der Waals surface area (Å²) >= 11 is 0. The molecule has 0 bridgehead atoms. The molecule has 1 aromatic carbocycles. The molecule has 0 fully saturated rings. The Morgan fingerprint density at radius 3 is 2.33 bits per heavy atom. The zero-order chi connectivity index (χ0) is 13.0. The highest BCUT2D eigenvalue weighted by Crippen LogP contribution is 2.46. The highest BCUT2D eigenvalue weighted by Gasteiger charge is 2.37. The Bertz CT molecular complexity index is 470. The van der Waals surface area contributed by atoms with Crippen LogP contribution in [0.1, 0.15) is 60.0 Å². The summed E-state index contributed by atoms with van der Waals surface area (Å²) in [5, 5.41) is 0. The standard InChI is InChI=1S/C15H22/c1-11-7-6-8-12-13(11)15(4,5)10-9-14(12,2)3/h6-8H,9-10H2,1-5H3/i7D,8D. The van der Waals surface area contributed by atoms with Gasteiger partial charge in [-0.25, -0.2) is 0 Å². The highest BCUT2D eigenvalue weighted by atomic mass is 14.4. The van der Waals surface area contributed by atoms with Gasteiger partial charge in [-0.15, -0.1) is 0 Å². The maximum Gasteiger partial charge on any atom is 0.0626 e. The van der Waals surface area contributed by atoms with E-state index in [0.717, 1.165) is 18.4 Å². The Balaban J connectivity index is 2.85. The molecule has 0 saturated carbocycles. The van der Waals surface area contributed by atoms with Crippen molar-refractivity contribution in [2.24, 2.45) is 0 Å². The van der Waals surface area contributed by atoms with E-state index in [1.54, 1.807) is 6.07 Å². The van der Waals surface area contributed by atoms with Crippen molar-refractivity contribution in [3.05, 3.63) is 34.8 Å². The first kappa shape index (κ1) is 8.38. The maximum atomic E-state index is 8.20. The summed E-state index contributed by atoms with van der Waals surface area (Å²) in [6.07, 6.45) is 2.26. The predicted molar refractivity (Wildman–Crippen MR) is 66.5 cm³/mol. The summed E-state index contributed by atoms with van der Waals surface area (Å²) in [6.45, 7) is 11.0. The van der Waals surface area contributed by atoms with Crippen LogP contribution in [-0.2, 0) is 10.8 Å². The van der Waals surface area contributed by atoms with Gasteiger partial charge in [0.1, 0.15) is 0 Å². The first-order chi connectivity index (χ1) is 7.67. The molecule has 0 aromatic heterocycles. The fourth-order valence-corrected chi connectivity index (χ4v) is 2.80. The lowest BCUT2D eigenvalue weighted by Gasteiger charge is -2.42. The van der Waals surface area contributed by atoms with E-state index in [0.29, 0.717) is 12.1 Å². The largest absolute Gasteiger partial charge is 0.0626 e. The molecule has 0 unspecified atom stereocenters. The highest BCUT2D eigenvalue weighted by molar-refractivity contribution is 5.45. The van der Waals surface area contributed by atoms with Gasteiger partial charge in [0.05, 0.1) is 2.74 Å². The summed E-state index contributed by atoms with van der Waals surface area (Å²) in [4.78, 5) is 0. The van der Waals surface area contributed by atoms with Gasteiger partial charge in [-0.2, -0.15) is 0 Å². The summed E-state index contributed by atoms with van der Waals surface area (Å²) in [6, 6.07) is 2.77. The van der Waals surface area contributed by atoms with Gasteiger partial charge in [-0.05, 0) is 47.3 Å². The maximum absolute atomic E-state index is 8.20. The molecule has 2 rings (SSSR count). The van der Waals surface area contributed by atoms with Crippen molar-refractivity contribution >= 4 is 0 Å². The second kappa shape index (κ2) is 3.10. The molecular weight excluding hydrogens is 180 g/mol. The first-order valence-corrected chi connectivity index (χ1v) is 5.78. The molecular formula is C15H22. The molecule has 0 spiro atoms. The molecule has 0 saturated heterocycles. The number of rotatable bonds is 0. The molecule has 1 aromatic rings. The zero-order valence-electron chi connectivity index (χ0n) is 12.5. The smallest absolute Gasteiger partial charge is 0.0617 e. The van der Waals surface area contributed by atoms with E-state index in [1.165, 1.54) is 11.1 Å². The summed E-state index contributed by atoms with van der Waals surface area (Å²) in [5.74, 6) is 0. The predicted octanol–water partition coefficient (Wildman–Crippen LogP) is 4.34. The van der Waals surface area contributed by atoms with Gasteiger partial charge in [-0.1, -0.05) is 45.8 Å². The van der Waals surface area contributed by atoms with Gasteiger partial charge in [0.25, 0.3) is 0 Å². The van der Waals surface area contributed by atoms with E-state index >= 15 is 0 Å². The molecule has 0 amide bonds. The minimum atomic E-state index is 0.0698. The SMILES string of the molecule is [2H]c1cc([2H])c2c(c1C)C(C)(C)CCC2(C)C. The second-order valence-electron chi connectivity index (χ2n) is 6.08. The summed E-state index contributed by atoms with van der Waals surface area (Å²) < 4.78 is 16.2. The third-order valence-corrected chi connectivity index (χ3v) is 3.86. The van der Waals surface area contributed by atoms with E-state index in [2.05, 4.69) is 27.7 Å². The molecule has 0 heteroatoms. The monoisotopic (exact) mass is 204 g/mol. The van der Waals surface area contributed by atoms with Gasteiger partial charge in [0.2, 0.25) is 0 Å². The minimum absolute atomic E-state index is 0.0698. The Labute approximate surface area is 96.5 Å². The molecule has 15 heavy (non-hydrogen) atoms. The fourth-order valence-electron chi connectivity index (χ4n) is 2.80. The van der Waals surface area contributed by atoms with Gasteiger partial charge >= 0.3 is 0 Å². The van der Waals surface area contributed by atoms with Crippen LogP contribution in [0.5, 0.6) is 0 Å². The molecule has 0 heterocycles. The van der Waals surface area contributed by atoms with Crippen LogP contribution in [0.25, 0.3) is 0 Å². The number of hydrogen-bond acceptors (Lipinski definition) is 0. The third-order valence-electron chi connectivity index (χ3n) is 3.86. The van der Waals surface area contributed by atoms with Crippen molar-refractivity contribution in [3.8, 4) is 0 Å². The lowest BCUT2D eigenvalue weighted by Crippen LogP contribution is -2.34. The van der Waals surface area contributed by atoms with E-state index in [1.807, 2.05) is 6.92 Å². The molecule has 82 valence electrons. The molecule has 0 radical (unpaired) electrons. The van der Waals surface area contributed by atoms with Crippen LogP contribution < -0.4 is 0 Å². The number of fused-ring (bicyclic) bond motifs is 1. The van der Waals surface area contributed by atoms with Crippen LogP contribution in [0.2, 0.25) is 0 Å². The molecule has 1 aliphatic rings. The quantitative estimate of drug-likeness (QED) is 0.589. The number of benzene rings is 1. The summed E-state index contributed by atoms with van der Waals surface area (Å²) in [5.41, 5.74) is 3.66. The Hall–Kier alpha value is -0.780. The zero-order valence-corrected chi connectivity index (χ0v) is 10.5. The van der Waals surface area contributed by atoms with Crippen molar-refractivity contribution in [1.29, 1.82) is 0 Å². The Kier molecular flexibility index (Phi) is 1.73. The van der Waals surface area contributed by atoms with E-state index in [9.17, 15) is 0 Å². The molecule has 0 N–H and O–H groups in total. The number of hydrogen-bond donors (Lipinski definition) is 0. The Morgan fingerprint density at radius 1 is 1.07 bits per heavy atom. The molecule has 0 nitrogen and oxygen atoms in total. The van der Waals surface area contributed by atoms with Crippen molar-refractivity contribution in [2.45, 2.75) is 58.3 Å². The van der Waals surface area contributed by atoms with Crippen LogP contribution in [0, 0.1) is 6.92 Å². The average Bonchev–Trinajstić information content (AvgIpc) is 2.18. The van der Waals surface area contributed by atoms with Crippen LogP contribution >= 0.6 is 0 Å². The van der Waals surface area contributed by atoms with Gasteiger partial charge in [-0.3, -0.25) is 0 Å². The molecule has 1 aliphatic carbocycles. The normalized spacial score (nSPS) is 24.1. The van der Waals surface area contributed by atoms with Crippen LogP contribution in [0.4, 0.5) is 0 Å². The lowest BCUT2D eigenvalue weighted by atomic mass is 9.62. The average molecular weight is 204 g/mol. The Morgan fingerprint density at radius 2 is 1.67 bits per heavy atom. The van der Waals surface area contributed by atoms with Crippen molar-refractivity contribution in [3.63, 3.8) is 0 Å². The lowest BCUT2D eigenvalue weighted by molar-refractivity contribution is 0.330. The second-order valence-corrected chi connectivity index (χ2v) is 6.08. The van der Waals surface area contributed by atoms with Gasteiger partial charge < -0.3 is 0 Å². The van der Waals surface area contributed by atoms with Gasteiger partial charge in [0, 0.05) is 0 Å². The van der Waals surface area contributed by atoms with Crippen molar-refractivity contribution < 1.29 is 2.74 Å². The summed E-state index contributed by atoms with van der Waals surface area (Å²) in [7, 11) is 0. The first-order valence-electron chi connectivity index (χ1n) is 6.78. The van der Waals surface area contributed by atoms with Crippen molar-refractivity contribution in [1.82, 2.24) is 0 Å². The van der Waals surface area contributed by atoms with E-state index in [4.69, 9.17) is 2.74 Å². The van der Waals surface area contributed by atoms with Crippen molar-refractivity contribution in [2.75, 3.05) is 0 Å². The van der Waals surface area contributed by atoms with Crippen LogP contribution in [0.3, 0.4) is 0 Å². The minimum Gasteiger partial charge on any atom is -0.0617 e. The van der Waals surface area contributed by atoms with E-state index in [-0.39, 0.29) is 10.8 Å². The molecule has 0 aliphatic heterocycles. The van der Waals surface area contributed by atoms with Gasteiger partial charge in [0.15, 0.2) is 0 Å². The van der Waals surface area contributed by atoms with E-state index < -0.39 is 0 Å². The fraction of sp³-hybridized carbons (Fsp3) is 0.600. The van der Waals surface area contributed by atoms with Crippen LogP contribution in [-0.4, -0.2) is 0 Å². The topological polar surface area (TPSA) is 0 Å². The molecule has 0 atom stereocenters.